The summed E-state index contributed by atoms with van der Waals surface area (Å²) < 4.78 is 5.53. The first-order valence-corrected chi connectivity index (χ1v) is 4.43. The number of aromatic amines is 1. The molecule has 14 heavy (non-hydrogen) atoms. The van der Waals surface area contributed by atoms with Crippen LogP contribution >= 0.6 is 15.9 Å². The van der Waals surface area contributed by atoms with Gasteiger partial charge in [0.15, 0.2) is 10.3 Å². The minimum atomic E-state index is -1.28. The molecule has 0 bridgehead atoms. The number of fused-ring (bicyclic) bond motifs is 1. The zero-order valence-electron chi connectivity index (χ0n) is 6.70. The lowest BCUT2D eigenvalue weighted by molar-refractivity contribution is 0.0695. The van der Waals surface area contributed by atoms with Gasteiger partial charge < -0.3 is 14.5 Å². The van der Waals surface area contributed by atoms with E-state index in [1.807, 2.05) is 0 Å². The van der Waals surface area contributed by atoms with Crippen LogP contribution in [-0.4, -0.2) is 16.1 Å². The molecule has 0 aromatic carbocycles. The van der Waals surface area contributed by atoms with Crippen molar-refractivity contribution in [2.45, 2.75) is 0 Å². The van der Waals surface area contributed by atoms with Crippen LogP contribution in [0, 0.1) is 0 Å². The molecule has 72 valence electrons. The van der Waals surface area contributed by atoms with Crippen LogP contribution in [0.4, 0.5) is 0 Å². The maximum atomic E-state index is 11.2. The number of aromatic nitrogens is 1. The number of rotatable bonds is 1. The lowest BCUT2D eigenvalue weighted by atomic mass is 10.2. The van der Waals surface area contributed by atoms with Gasteiger partial charge >= 0.3 is 5.97 Å². The zero-order chi connectivity index (χ0) is 10.3. The maximum absolute atomic E-state index is 11.2. The van der Waals surface area contributed by atoms with Gasteiger partial charge in [0.2, 0.25) is 0 Å². The molecule has 0 saturated heterocycles. The van der Waals surface area contributed by atoms with E-state index >= 15 is 0 Å². The molecule has 0 aliphatic heterocycles. The van der Waals surface area contributed by atoms with E-state index in [9.17, 15) is 9.59 Å². The van der Waals surface area contributed by atoms with Gasteiger partial charge in [-0.3, -0.25) is 4.79 Å². The Balaban J connectivity index is 2.83. The molecule has 0 aliphatic carbocycles. The molecule has 0 aliphatic rings. The zero-order valence-corrected chi connectivity index (χ0v) is 8.29. The average molecular weight is 258 g/mol. The fraction of sp³-hybridized carbons (Fsp3) is 0. The third-order valence-electron chi connectivity index (χ3n) is 1.73. The lowest BCUT2D eigenvalue weighted by Crippen LogP contribution is -2.16. The van der Waals surface area contributed by atoms with Crippen molar-refractivity contribution < 1.29 is 14.3 Å². The summed E-state index contributed by atoms with van der Waals surface area (Å²) in [6.45, 7) is 0. The number of pyridine rings is 1. The minimum Gasteiger partial charge on any atom is -0.477 e. The molecular formula is C8H4BrNO4. The van der Waals surface area contributed by atoms with Crippen molar-refractivity contribution >= 4 is 33.0 Å². The van der Waals surface area contributed by atoms with Gasteiger partial charge in [0.25, 0.3) is 5.56 Å². The number of carboxylic acid groups (broad SMARTS) is 1. The molecule has 0 saturated carbocycles. The Morgan fingerprint density at radius 2 is 2.21 bits per heavy atom. The third-order valence-corrected chi connectivity index (χ3v) is 2.12. The molecule has 5 nitrogen and oxygen atoms in total. The Labute approximate surface area is 85.5 Å². The van der Waals surface area contributed by atoms with Gasteiger partial charge in [-0.15, -0.1) is 0 Å². The molecule has 0 amide bonds. The van der Waals surface area contributed by atoms with Crippen molar-refractivity contribution in [3.63, 3.8) is 0 Å². The van der Waals surface area contributed by atoms with E-state index in [2.05, 4.69) is 20.9 Å². The van der Waals surface area contributed by atoms with Gasteiger partial charge in [0, 0.05) is 12.1 Å². The van der Waals surface area contributed by atoms with Crippen LogP contribution < -0.4 is 5.56 Å². The van der Waals surface area contributed by atoms with Gasteiger partial charge in [0.05, 0.1) is 5.52 Å². The second-order valence-corrected chi connectivity index (χ2v) is 3.43. The van der Waals surface area contributed by atoms with Gasteiger partial charge in [0.1, 0.15) is 5.56 Å². The Bertz CT molecular complexity index is 568. The highest BCUT2D eigenvalue weighted by Crippen LogP contribution is 2.20. The second-order valence-electron chi connectivity index (χ2n) is 2.65. The molecule has 0 atom stereocenters. The SMILES string of the molecule is O=C(O)c1cc2oc(Br)cc2[nH]c1=O. The number of carboxylic acids is 1. The summed E-state index contributed by atoms with van der Waals surface area (Å²) in [6.07, 6.45) is 0. The first-order valence-electron chi connectivity index (χ1n) is 3.63. The van der Waals surface area contributed by atoms with Crippen molar-refractivity contribution in [1.82, 2.24) is 4.98 Å². The molecule has 0 spiro atoms. The van der Waals surface area contributed by atoms with Gasteiger partial charge in [-0.25, -0.2) is 4.79 Å². The quantitative estimate of drug-likeness (QED) is 0.813. The van der Waals surface area contributed by atoms with Crippen LogP contribution in [0.1, 0.15) is 10.4 Å². The summed E-state index contributed by atoms with van der Waals surface area (Å²) >= 11 is 3.07. The first kappa shape index (κ1) is 9.01. The normalized spacial score (nSPS) is 10.6. The molecule has 0 radical (unpaired) electrons. The van der Waals surface area contributed by atoms with Gasteiger partial charge in [-0.05, 0) is 15.9 Å². The maximum Gasteiger partial charge on any atom is 0.341 e. The van der Waals surface area contributed by atoms with E-state index < -0.39 is 11.5 Å². The smallest absolute Gasteiger partial charge is 0.341 e. The molecule has 2 aromatic heterocycles. The average Bonchev–Trinajstić information content (AvgIpc) is 2.42. The number of hydrogen-bond donors (Lipinski definition) is 2. The fourth-order valence-electron chi connectivity index (χ4n) is 1.12. The van der Waals surface area contributed by atoms with Crippen molar-refractivity contribution in [1.29, 1.82) is 0 Å². The van der Waals surface area contributed by atoms with Crippen molar-refractivity contribution in [2.75, 3.05) is 0 Å². The Hall–Kier alpha value is -1.56. The molecule has 2 N–H and O–H groups in total. The molecule has 2 rings (SSSR count). The minimum absolute atomic E-state index is 0.328. The van der Waals surface area contributed by atoms with E-state index in [0.29, 0.717) is 15.8 Å². The number of H-pyrrole nitrogens is 1. The largest absolute Gasteiger partial charge is 0.477 e. The van der Waals surface area contributed by atoms with E-state index in [1.165, 1.54) is 6.07 Å². The Morgan fingerprint density at radius 3 is 2.86 bits per heavy atom. The highest BCUT2D eigenvalue weighted by atomic mass is 79.9. The van der Waals surface area contributed by atoms with Crippen LogP contribution in [-0.2, 0) is 0 Å². The number of carbonyl (C=O) groups is 1. The summed E-state index contributed by atoms with van der Waals surface area (Å²) in [7, 11) is 0. The second kappa shape index (κ2) is 2.98. The summed E-state index contributed by atoms with van der Waals surface area (Å²) in [6, 6.07) is 2.75. The summed E-state index contributed by atoms with van der Waals surface area (Å²) in [4.78, 5) is 24.2. The number of halogens is 1. The standard InChI is InChI=1S/C8H4BrNO4/c9-6-2-4-5(14-6)1-3(8(12)13)7(11)10-4/h1-2H,(H,10,11)(H,12,13). The highest BCUT2D eigenvalue weighted by molar-refractivity contribution is 9.10. The molecule has 6 heteroatoms. The Morgan fingerprint density at radius 1 is 1.50 bits per heavy atom. The van der Waals surface area contributed by atoms with Crippen LogP contribution in [0.5, 0.6) is 0 Å². The molecule has 2 heterocycles. The number of hydrogen-bond acceptors (Lipinski definition) is 3. The lowest BCUT2D eigenvalue weighted by Gasteiger charge is -1.92. The summed E-state index contributed by atoms with van der Waals surface area (Å²) in [5, 5.41) is 8.66. The van der Waals surface area contributed by atoms with E-state index in [-0.39, 0.29) is 5.56 Å². The first-order chi connectivity index (χ1) is 6.58. The molecule has 0 fully saturated rings. The predicted octanol–water partition coefficient (Wildman–Crippen LogP) is 1.58. The third kappa shape index (κ3) is 1.33. The monoisotopic (exact) mass is 257 g/mol. The van der Waals surface area contributed by atoms with Gasteiger partial charge in [-0.1, -0.05) is 0 Å². The van der Waals surface area contributed by atoms with Crippen molar-refractivity contribution in [3.8, 4) is 0 Å². The number of nitrogens with one attached hydrogen (secondary N) is 1. The van der Waals surface area contributed by atoms with E-state index in [1.54, 1.807) is 6.07 Å². The van der Waals surface area contributed by atoms with E-state index in [0.717, 1.165) is 0 Å². The van der Waals surface area contributed by atoms with Crippen LogP contribution in [0.3, 0.4) is 0 Å². The number of aromatic carboxylic acids is 1. The highest BCUT2D eigenvalue weighted by Gasteiger charge is 2.12. The van der Waals surface area contributed by atoms with Crippen molar-refractivity contribution in [3.05, 3.63) is 32.7 Å². The van der Waals surface area contributed by atoms with Crippen LogP contribution in [0.25, 0.3) is 11.1 Å². The van der Waals surface area contributed by atoms with E-state index in [4.69, 9.17) is 9.52 Å². The van der Waals surface area contributed by atoms with Gasteiger partial charge in [-0.2, -0.15) is 0 Å². The van der Waals surface area contributed by atoms with Crippen molar-refractivity contribution in [2.24, 2.45) is 0 Å². The topological polar surface area (TPSA) is 83.3 Å². The predicted molar refractivity (Wildman–Crippen MR) is 51.5 cm³/mol. The number of furan rings is 1. The molecular weight excluding hydrogens is 254 g/mol. The van der Waals surface area contributed by atoms with Crippen LogP contribution in [0.2, 0.25) is 0 Å². The molecule has 0 unspecified atom stereocenters. The summed E-state index contributed by atoms with van der Waals surface area (Å²) in [5.41, 5.74) is -0.182. The van der Waals surface area contributed by atoms with Crippen LogP contribution in [0.15, 0.2) is 26.0 Å². The molecule has 2 aromatic rings. The Kier molecular flexibility index (Phi) is 1.92. The fourth-order valence-corrected chi connectivity index (χ4v) is 1.53. The summed E-state index contributed by atoms with van der Waals surface area (Å²) in [5.74, 6) is -1.28.